The molecule has 1 aliphatic rings. The van der Waals surface area contributed by atoms with Crippen LogP contribution in [0.4, 0.5) is 11.4 Å². The molecule has 2 aromatic rings. The minimum atomic E-state index is 0.284. The third-order valence-corrected chi connectivity index (χ3v) is 4.07. The molecule has 1 atom stereocenters. The highest BCUT2D eigenvalue weighted by molar-refractivity contribution is 9.10. The minimum absolute atomic E-state index is 0.284. The maximum atomic E-state index is 9.02. The van der Waals surface area contributed by atoms with E-state index in [0.29, 0.717) is 5.56 Å². The van der Waals surface area contributed by atoms with E-state index < -0.39 is 0 Å². The number of halogens is 1. The van der Waals surface area contributed by atoms with Crippen LogP contribution in [0.15, 0.2) is 40.9 Å². The number of nitrogen functional groups attached to an aromatic ring is 1. The van der Waals surface area contributed by atoms with Gasteiger partial charge in [0, 0.05) is 15.8 Å². The number of aryl methyl sites for hydroxylation is 1. The van der Waals surface area contributed by atoms with E-state index in [4.69, 9.17) is 11.0 Å². The molecule has 3 rings (SSSR count). The van der Waals surface area contributed by atoms with Gasteiger partial charge in [-0.15, -0.1) is 0 Å². The van der Waals surface area contributed by atoms with Crippen LogP contribution in [0.25, 0.3) is 0 Å². The molecule has 0 aliphatic heterocycles. The van der Waals surface area contributed by atoms with E-state index >= 15 is 0 Å². The number of nitrogens with one attached hydrogen (secondary N) is 1. The lowest BCUT2D eigenvalue weighted by Crippen LogP contribution is -2.07. The summed E-state index contributed by atoms with van der Waals surface area (Å²) in [5, 5.41) is 12.5. The second-order valence-corrected chi connectivity index (χ2v) is 5.95. The Balaban J connectivity index is 1.88. The molecule has 1 aliphatic carbocycles. The van der Waals surface area contributed by atoms with Gasteiger partial charge in [0.2, 0.25) is 0 Å². The molecule has 0 saturated heterocycles. The second kappa shape index (κ2) is 5.18. The quantitative estimate of drug-likeness (QED) is 0.819. The van der Waals surface area contributed by atoms with Crippen LogP contribution in [0.5, 0.6) is 0 Å². The molecule has 0 amide bonds. The summed E-state index contributed by atoms with van der Waals surface area (Å²) in [5.74, 6) is 0. The van der Waals surface area contributed by atoms with Gasteiger partial charge in [-0.1, -0.05) is 22.0 Å². The molecule has 0 fully saturated rings. The van der Waals surface area contributed by atoms with E-state index in [9.17, 15) is 0 Å². The Labute approximate surface area is 126 Å². The first-order valence-electron chi connectivity index (χ1n) is 6.51. The molecule has 1 unspecified atom stereocenters. The lowest BCUT2D eigenvalue weighted by Gasteiger charge is -2.16. The fraction of sp³-hybridized carbons (Fsp3) is 0.188. The second-order valence-electron chi connectivity index (χ2n) is 5.03. The Kier molecular flexibility index (Phi) is 3.37. The van der Waals surface area contributed by atoms with Crippen molar-refractivity contribution in [3.63, 3.8) is 0 Å². The lowest BCUT2D eigenvalue weighted by atomic mass is 10.1. The third-order valence-electron chi connectivity index (χ3n) is 3.61. The van der Waals surface area contributed by atoms with E-state index in [1.54, 1.807) is 0 Å². The van der Waals surface area contributed by atoms with Crippen molar-refractivity contribution in [3.05, 3.63) is 57.6 Å². The number of anilines is 2. The molecule has 0 saturated carbocycles. The third kappa shape index (κ3) is 2.50. The Hall–Kier alpha value is -1.99. The van der Waals surface area contributed by atoms with Gasteiger partial charge in [-0.25, -0.2) is 0 Å². The zero-order chi connectivity index (χ0) is 14.1. The van der Waals surface area contributed by atoms with Gasteiger partial charge >= 0.3 is 0 Å². The van der Waals surface area contributed by atoms with Crippen molar-refractivity contribution in [2.24, 2.45) is 0 Å². The van der Waals surface area contributed by atoms with Crippen LogP contribution in [-0.2, 0) is 6.42 Å². The molecule has 0 heterocycles. The van der Waals surface area contributed by atoms with Crippen molar-refractivity contribution in [3.8, 4) is 6.07 Å². The van der Waals surface area contributed by atoms with E-state index in [0.717, 1.165) is 28.7 Å². The van der Waals surface area contributed by atoms with Crippen LogP contribution in [0.2, 0.25) is 0 Å². The Bertz CT molecular complexity index is 703. The van der Waals surface area contributed by atoms with Gasteiger partial charge in [0.25, 0.3) is 0 Å². The summed E-state index contributed by atoms with van der Waals surface area (Å²) in [6.07, 6.45) is 2.09. The highest BCUT2D eigenvalue weighted by atomic mass is 79.9. The summed E-state index contributed by atoms with van der Waals surface area (Å²) in [7, 11) is 0. The summed E-state index contributed by atoms with van der Waals surface area (Å²) in [6, 6.07) is 14.2. The molecule has 0 spiro atoms. The summed E-state index contributed by atoms with van der Waals surface area (Å²) in [5.41, 5.74) is 10.9. The molecule has 4 heteroatoms. The van der Waals surface area contributed by atoms with Crippen LogP contribution in [-0.4, -0.2) is 0 Å². The normalized spacial score (nSPS) is 16.5. The number of benzene rings is 2. The van der Waals surface area contributed by atoms with Crippen molar-refractivity contribution in [1.29, 1.82) is 5.26 Å². The Morgan fingerprint density at radius 2 is 2.10 bits per heavy atom. The number of nitriles is 1. The van der Waals surface area contributed by atoms with Gasteiger partial charge < -0.3 is 11.1 Å². The number of nitrogens with zero attached hydrogens (tertiary/aromatic N) is 1. The van der Waals surface area contributed by atoms with Crippen molar-refractivity contribution >= 4 is 27.3 Å². The zero-order valence-electron chi connectivity index (χ0n) is 10.9. The van der Waals surface area contributed by atoms with E-state index in [1.807, 2.05) is 24.3 Å². The minimum Gasteiger partial charge on any atom is -0.399 e. The smallest absolute Gasteiger partial charge is 0.0992 e. The molecular weight excluding hydrogens is 314 g/mol. The average Bonchev–Trinajstić information content (AvgIpc) is 2.80. The molecule has 2 aromatic carbocycles. The first-order valence-corrected chi connectivity index (χ1v) is 7.30. The first kappa shape index (κ1) is 13.0. The van der Waals surface area contributed by atoms with E-state index in [-0.39, 0.29) is 6.04 Å². The molecule has 0 radical (unpaired) electrons. The fourth-order valence-corrected chi connectivity index (χ4v) is 3.22. The Morgan fingerprint density at radius 3 is 2.90 bits per heavy atom. The first-order chi connectivity index (χ1) is 9.65. The molecule has 0 bridgehead atoms. The topological polar surface area (TPSA) is 61.8 Å². The van der Waals surface area contributed by atoms with Crippen LogP contribution in [0.1, 0.15) is 29.2 Å². The Morgan fingerprint density at radius 1 is 1.25 bits per heavy atom. The van der Waals surface area contributed by atoms with Gasteiger partial charge in [0.05, 0.1) is 17.7 Å². The van der Waals surface area contributed by atoms with Crippen molar-refractivity contribution in [2.45, 2.75) is 18.9 Å². The summed E-state index contributed by atoms with van der Waals surface area (Å²) in [6.45, 7) is 0. The molecular formula is C16H14BrN3. The van der Waals surface area contributed by atoms with Crippen molar-refractivity contribution < 1.29 is 0 Å². The number of hydrogen-bond acceptors (Lipinski definition) is 3. The summed E-state index contributed by atoms with van der Waals surface area (Å²) in [4.78, 5) is 0. The maximum absolute atomic E-state index is 9.02. The SMILES string of the molecule is N#Cc1cc(Br)cc(NC2CCc3cc(N)ccc32)c1. The van der Waals surface area contributed by atoms with Gasteiger partial charge in [-0.05, 0) is 54.3 Å². The van der Waals surface area contributed by atoms with E-state index in [1.165, 1.54) is 11.1 Å². The highest BCUT2D eigenvalue weighted by Gasteiger charge is 2.22. The number of rotatable bonds is 2. The summed E-state index contributed by atoms with van der Waals surface area (Å²) < 4.78 is 0.912. The van der Waals surface area contributed by atoms with Gasteiger partial charge in [0.15, 0.2) is 0 Å². The lowest BCUT2D eigenvalue weighted by molar-refractivity contribution is 0.762. The largest absolute Gasteiger partial charge is 0.399 e. The van der Waals surface area contributed by atoms with Gasteiger partial charge in [-0.3, -0.25) is 0 Å². The van der Waals surface area contributed by atoms with Crippen molar-refractivity contribution in [2.75, 3.05) is 11.1 Å². The van der Waals surface area contributed by atoms with Crippen molar-refractivity contribution in [1.82, 2.24) is 0 Å². The zero-order valence-corrected chi connectivity index (χ0v) is 12.4. The highest BCUT2D eigenvalue weighted by Crippen LogP contribution is 2.35. The van der Waals surface area contributed by atoms with Crippen LogP contribution in [0.3, 0.4) is 0 Å². The number of nitrogens with two attached hydrogens (primary N) is 1. The van der Waals surface area contributed by atoms with E-state index in [2.05, 4.69) is 39.4 Å². The van der Waals surface area contributed by atoms with Crippen LogP contribution in [0, 0.1) is 11.3 Å². The predicted molar refractivity (Wildman–Crippen MR) is 84.4 cm³/mol. The van der Waals surface area contributed by atoms with Gasteiger partial charge in [0.1, 0.15) is 0 Å². The predicted octanol–water partition coefficient (Wildman–Crippen LogP) is 4.00. The maximum Gasteiger partial charge on any atom is 0.0992 e. The standard InChI is InChI=1S/C16H14BrN3/c17-12-5-10(9-18)6-14(8-12)20-16-4-1-11-7-13(19)2-3-15(11)16/h2-3,5-8,16,20H,1,4,19H2. The average molecular weight is 328 g/mol. The molecule has 100 valence electrons. The van der Waals surface area contributed by atoms with Crippen LogP contribution >= 0.6 is 15.9 Å². The molecule has 3 N–H and O–H groups in total. The molecule has 0 aromatic heterocycles. The van der Waals surface area contributed by atoms with Crippen LogP contribution < -0.4 is 11.1 Å². The monoisotopic (exact) mass is 327 g/mol. The molecule has 20 heavy (non-hydrogen) atoms. The fourth-order valence-electron chi connectivity index (χ4n) is 2.73. The number of fused-ring (bicyclic) bond motifs is 1. The number of hydrogen-bond donors (Lipinski definition) is 2. The molecule has 3 nitrogen and oxygen atoms in total. The van der Waals surface area contributed by atoms with Gasteiger partial charge in [-0.2, -0.15) is 5.26 Å². The summed E-state index contributed by atoms with van der Waals surface area (Å²) >= 11 is 3.44.